The van der Waals surface area contributed by atoms with Crippen LogP contribution >= 0.6 is 0 Å². The minimum atomic E-state index is -0.868. The van der Waals surface area contributed by atoms with E-state index in [1.54, 1.807) is 4.90 Å². The third-order valence-corrected chi connectivity index (χ3v) is 4.43. The summed E-state index contributed by atoms with van der Waals surface area (Å²) in [5.41, 5.74) is 0. The minimum absolute atomic E-state index is 0.0130. The number of likely N-dealkylation sites (tertiary alicyclic amines) is 1. The Balaban J connectivity index is 2.01. The monoisotopic (exact) mass is 269 g/mol. The van der Waals surface area contributed by atoms with Crippen LogP contribution in [0.4, 0.5) is 0 Å². The fourth-order valence-electron chi connectivity index (χ4n) is 3.13. The predicted molar refractivity (Wildman–Crippen MR) is 69.7 cm³/mol. The van der Waals surface area contributed by atoms with E-state index in [1.165, 1.54) is 0 Å². The Kier molecular flexibility index (Phi) is 4.80. The van der Waals surface area contributed by atoms with Crippen LogP contribution in [0.25, 0.3) is 0 Å². The van der Waals surface area contributed by atoms with E-state index in [4.69, 9.17) is 4.74 Å². The van der Waals surface area contributed by atoms with Crippen LogP contribution in [0.15, 0.2) is 0 Å². The highest BCUT2D eigenvalue weighted by molar-refractivity contribution is 5.85. The Morgan fingerprint density at radius 1 is 1.21 bits per heavy atom. The Morgan fingerprint density at radius 3 is 2.53 bits per heavy atom. The zero-order chi connectivity index (χ0) is 13.8. The van der Waals surface area contributed by atoms with Crippen LogP contribution in [-0.4, -0.2) is 47.7 Å². The van der Waals surface area contributed by atoms with E-state index in [2.05, 4.69) is 0 Å². The third kappa shape index (κ3) is 3.26. The number of hydrogen-bond acceptors (Lipinski definition) is 3. The van der Waals surface area contributed by atoms with Crippen molar-refractivity contribution in [1.82, 2.24) is 4.90 Å². The quantitative estimate of drug-likeness (QED) is 0.843. The first-order valence-electron chi connectivity index (χ1n) is 7.22. The molecule has 0 aromatic rings. The zero-order valence-corrected chi connectivity index (χ0v) is 11.5. The first-order chi connectivity index (χ1) is 9.11. The molecule has 0 bridgehead atoms. The van der Waals surface area contributed by atoms with Gasteiger partial charge in [-0.1, -0.05) is 6.92 Å². The molecule has 2 aliphatic heterocycles. The summed E-state index contributed by atoms with van der Waals surface area (Å²) in [6, 6.07) is -0.622. The molecule has 0 aromatic carbocycles. The number of aliphatic carboxylic acids is 1. The van der Waals surface area contributed by atoms with E-state index < -0.39 is 12.0 Å². The van der Waals surface area contributed by atoms with Crippen LogP contribution in [0.2, 0.25) is 0 Å². The molecular weight excluding hydrogens is 246 g/mol. The van der Waals surface area contributed by atoms with Gasteiger partial charge in [0.05, 0.1) is 0 Å². The number of nitrogens with zero attached hydrogens (tertiary/aromatic N) is 1. The molecule has 0 aromatic heterocycles. The van der Waals surface area contributed by atoms with Crippen LogP contribution in [0.1, 0.15) is 39.0 Å². The summed E-state index contributed by atoms with van der Waals surface area (Å²) in [5.74, 6) is -0.618. The van der Waals surface area contributed by atoms with E-state index in [0.29, 0.717) is 32.1 Å². The van der Waals surface area contributed by atoms with Crippen molar-refractivity contribution < 1.29 is 19.4 Å². The summed E-state index contributed by atoms with van der Waals surface area (Å²) in [6.07, 6.45) is 4.20. The highest BCUT2D eigenvalue weighted by Crippen LogP contribution is 2.28. The van der Waals surface area contributed by atoms with Crippen LogP contribution in [0, 0.1) is 11.8 Å². The predicted octanol–water partition coefficient (Wildman–Crippen LogP) is 1.51. The van der Waals surface area contributed by atoms with Crippen molar-refractivity contribution in [3.63, 3.8) is 0 Å². The van der Waals surface area contributed by atoms with Crippen molar-refractivity contribution >= 4 is 11.9 Å². The van der Waals surface area contributed by atoms with Gasteiger partial charge in [0.25, 0.3) is 0 Å². The van der Waals surface area contributed by atoms with E-state index in [9.17, 15) is 14.7 Å². The molecule has 0 spiro atoms. The van der Waals surface area contributed by atoms with Crippen molar-refractivity contribution in [3.05, 3.63) is 0 Å². The SMILES string of the molecule is CC(C(=O)N1CCCCC1C(=O)O)C1CCOCC1. The van der Waals surface area contributed by atoms with Crippen molar-refractivity contribution in [2.24, 2.45) is 11.8 Å². The summed E-state index contributed by atoms with van der Waals surface area (Å²) in [4.78, 5) is 25.4. The van der Waals surface area contributed by atoms with Gasteiger partial charge in [0.15, 0.2) is 0 Å². The average molecular weight is 269 g/mol. The number of piperidine rings is 1. The largest absolute Gasteiger partial charge is 0.480 e. The molecule has 0 aliphatic carbocycles. The summed E-state index contributed by atoms with van der Waals surface area (Å²) in [6.45, 7) is 3.95. The molecule has 19 heavy (non-hydrogen) atoms. The van der Waals surface area contributed by atoms with Crippen molar-refractivity contribution in [2.75, 3.05) is 19.8 Å². The number of carboxylic acids is 1. The second-order valence-corrected chi connectivity index (χ2v) is 5.62. The minimum Gasteiger partial charge on any atom is -0.480 e. The maximum atomic E-state index is 12.5. The van der Waals surface area contributed by atoms with E-state index >= 15 is 0 Å². The first kappa shape index (κ1) is 14.3. The van der Waals surface area contributed by atoms with Crippen LogP contribution in [0.5, 0.6) is 0 Å². The van der Waals surface area contributed by atoms with Crippen molar-refractivity contribution in [2.45, 2.75) is 45.1 Å². The summed E-state index contributed by atoms with van der Waals surface area (Å²) >= 11 is 0. The third-order valence-electron chi connectivity index (χ3n) is 4.43. The molecule has 2 fully saturated rings. The topological polar surface area (TPSA) is 66.8 Å². The molecule has 2 unspecified atom stereocenters. The molecule has 1 amide bonds. The number of carbonyl (C=O) groups is 2. The summed E-state index contributed by atoms with van der Waals surface area (Å²) in [7, 11) is 0. The van der Waals surface area contributed by atoms with Crippen LogP contribution < -0.4 is 0 Å². The molecule has 2 saturated heterocycles. The number of hydrogen-bond donors (Lipinski definition) is 1. The van der Waals surface area contributed by atoms with Gasteiger partial charge in [-0.2, -0.15) is 0 Å². The van der Waals surface area contributed by atoms with Gasteiger partial charge < -0.3 is 14.7 Å². The lowest BCUT2D eigenvalue weighted by Gasteiger charge is -2.37. The second kappa shape index (κ2) is 6.37. The molecule has 2 atom stereocenters. The van der Waals surface area contributed by atoms with Gasteiger partial charge in [-0.15, -0.1) is 0 Å². The van der Waals surface area contributed by atoms with E-state index in [1.807, 2.05) is 6.92 Å². The van der Waals surface area contributed by atoms with Gasteiger partial charge in [0, 0.05) is 25.7 Å². The number of ether oxygens (including phenoxy) is 1. The fraction of sp³-hybridized carbons (Fsp3) is 0.857. The average Bonchev–Trinajstić information content (AvgIpc) is 2.46. The van der Waals surface area contributed by atoms with Gasteiger partial charge in [-0.3, -0.25) is 4.79 Å². The maximum Gasteiger partial charge on any atom is 0.326 e. The molecule has 2 rings (SSSR count). The molecule has 108 valence electrons. The standard InChI is InChI=1S/C14H23NO4/c1-10(11-5-8-19-9-6-11)13(16)15-7-3-2-4-12(15)14(17)18/h10-12H,2-9H2,1H3,(H,17,18). The van der Waals surface area contributed by atoms with Gasteiger partial charge in [0.1, 0.15) is 6.04 Å². The van der Waals surface area contributed by atoms with Gasteiger partial charge in [0.2, 0.25) is 5.91 Å². The molecule has 0 radical (unpaired) electrons. The Bertz CT molecular complexity index is 338. The second-order valence-electron chi connectivity index (χ2n) is 5.62. The Labute approximate surface area is 113 Å². The molecule has 0 saturated carbocycles. The highest BCUT2D eigenvalue weighted by atomic mass is 16.5. The Morgan fingerprint density at radius 2 is 1.89 bits per heavy atom. The number of carboxylic acid groups (broad SMARTS) is 1. The zero-order valence-electron chi connectivity index (χ0n) is 11.5. The van der Waals surface area contributed by atoms with E-state index in [0.717, 1.165) is 25.7 Å². The number of carbonyl (C=O) groups excluding carboxylic acids is 1. The molecule has 2 heterocycles. The lowest BCUT2D eigenvalue weighted by molar-refractivity contribution is -0.155. The normalized spacial score (nSPS) is 27.0. The first-order valence-corrected chi connectivity index (χ1v) is 7.22. The number of amides is 1. The van der Waals surface area contributed by atoms with Gasteiger partial charge >= 0.3 is 5.97 Å². The summed E-state index contributed by atoms with van der Waals surface area (Å²) < 4.78 is 5.32. The lowest BCUT2D eigenvalue weighted by Crippen LogP contribution is -2.51. The molecule has 1 N–H and O–H groups in total. The molecule has 2 aliphatic rings. The Hall–Kier alpha value is -1.10. The van der Waals surface area contributed by atoms with Crippen LogP contribution in [0.3, 0.4) is 0 Å². The molecule has 5 heteroatoms. The van der Waals surface area contributed by atoms with Crippen molar-refractivity contribution in [1.29, 1.82) is 0 Å². The summed E-state index contributed by atoms with van der Waals surface area (Å²) in [5, 5.41) is 9.24. The van der Waals surface area contributed by atoms with Gasteiger partial charge in [-0.25, -0.2) is 4.79 Å². The van der Waals surface area contributed by atoms with Crippen LogP contribution in [-0.2, 0) is 14.3 Å². The van der Waals surface area contributed by atoms with Crippen molar-refractivity contribution in [3.8, 4) is 0 Å². The van der Waals surface area contributed by atoms with Gasteiger partial charge in [-0.05, 0) is 38.0 Å². The number of rotatable bonds is 3. The lowest BCUT2D eigenvalue weighted by atomic mass is 9.85. The maximum absolute atomic E-state index is 12.5. The fourth-order valence-corrected chi connectivity index (χ4v) is 3.13. The highest BCUT2D eigenvalue weighted by Gasteiger charge is 2.36. The molecule has 5 nitrogen and oxygen atoms in total. The smallest absolute Gasteiger partial charge is 0.326 e. The molecular formula is C14H23NO4. The van der Waals surface area contributed by atoms with E-state index in [-0.39, 0.29) is 11.8 Å².